The van der Waals surface area contributed by atoms with Crippen LogP contribution in [-0.4, -0.2) is 9.97 Å². The fraction of sp³-hybridized carbons (Fsp3) is 0.250. The predicted molar refractivity (Wildman–Crippen MR) is 85.1 cm³/mol. The smallest absolute Gasteiger partial charge is 0.123 e. The van der Waals surface area contributed by atoms with Crippen molar-refractivity contribution in [2.24, 2.45) is 5.73 Å². The number of nitrogens with zero attached hydrogens (tertiary/aromatic N) is 1. The van der Waals surface area contributed by atoms with Crippen LogP contribution >= 0.6 is 12.2 Å². The number of hydrogen-bond donors (Lipinski definition) is 1. The van der Waals surface area contributed by atoms with E-state index in [9.17, 15) is 0 Å². The molecule has 0 atom stereocenters. The second-order valence-electron chi connectivity index (χ2n) is 4.91. The summed E-state index contributed by atoms with van der Waals surface area (Å²) in [4.78, 5) is 4.42. The van der Waals surface area contributed by atoms with Gasteiger partial charge in [-0.2, -0.15) is 0 Å². The van der Waals surface area contributed by atoms with Gasteiger partial charge < -0.3 is 10.5 Å². The quantitative estimate of drug-likeness (QED) is 0.877. The lowest BCUT2D eigenvalue weighted by Crippen LogP contribution is -2.12. The molecular formula is C16H18N2OS. The van der Waals surface area contributed by atoms with Crippen LogP contribution in [0.5, 0.6) is 5.75 Å². The summed E-state index contributed by atoms with van der Waals surface area (Å²) in [5.74, 6) is 0.913. The molecule has 0 spiro atoms. The molecule has 0 unspecified atom stereocenters. The van der Waals surface area contributed by atoms with E-state index < -0.39 is 0 Å². The Labute approximate surface area is 124 Å². The summed E-state index contributed by atoms with van der Waals surface area (Å²) < 4.78 is 5.91. The van der Waals surface area contributed by atoms with E-state index in [-0.39, 0.29) is 0 Å². The normalized spacial score (nSPS) is 10.3. The van der Waals surface area contributed by atoms with Crippen LogP contribution in [0, 0.1) is 20.8 Å². The summed E-state index contributed by atoms with van der Waals surface area (Å²) >= 11 is 4.93. The van der Waals surface area contributed by atoms with Crippen LogP contribution in [-0.2, 0) is 6.61 Å². The molecule has 0 bridgehead atoms. The molecule has 0 aliphatic rings. The van der Waals surface area contributed by atoms with Gasteiger partial charge in [0.1, 0.15) is 17.3 Å². The number of hydrogen-bond acceptors (Lipinski definition) is 3. The van der Waals surface area contributed by atoms with Gasteiger partial charge in [0.05, 0.1) is 5.69 Å². The average Bonchev–Trinajstić information content (AvgIpc) is 2.41. The summed E-state index contributed by atoms with van der Waals surface area (Å²) in [5, 5.41) is 0. The van der Waals surface area contributed by atoms with Gasteiger partial charge in [-0.05, 0) is 61.2 Å². The van der Waals surface area contributed by atoms with Crippen LogP contribution in [0.1, 0.15) is 27.9 Å². The largest absolute Gasteiger partial charge is 0.489 e. The van der Waals surface area contributed by atoms with Crippen LogP contribution in [0.3, 0.4) is 0 Å². The van der Waals surface area contributed by atoms with Gasteiger partial charge in [-0.1, -0.05) is 18.3 Å². The molecule has 2 aromatic rings. The number of nitrogens with two attached hydrogens (primary N) is 1. The maximum atomic E-state index is 5.91. The molecule has 4 heteroatoms. The van der Waals surface area contributed by atoms with Crippen LogP contribution in [0.2, 0.25) is 0 Å². The highest BCUT2D eigenvalue weighted by atomic mass is 32.1. The highest BCUT2D eigenvalue weighted by molar-refractivity contribution is 7.80. The maximum Gasteiger partial charge on any atom is 0.123 e. The number of thiocarbonyl (C=S) groups is 1. The Hall–Kier alpha value is -1.94. The Balaban J connectivity index is 2.17. The topological polar surface area (TPSA) is 48.1 Å². The summed E-state index contributed by atoms with van der Waals surface area (Å²) in [6.07, 6.45) is 1.70. The third kappa shape index (κ3) is 3.33. The van der Waals surface area contributed by atoms with Gasteiger partial charge in [0.25, 0.3) is 0 Å². The predicted octanol–water partition coefficient (Wildman–Crippen LogP) is 3.22. The molecule has 0 aliphatic heterocycles. The molecule has 104 valence electrons. The number of aryl methyl sites for hydroxylation is 2. The minimum Gasteiger partial charge on any atom is -0.489 e. The van der Waals surface area contributed by atoms with E-state index in [1.54, 1.807) is 6.20 Å². The molecule has 1 aromatic carbocycles. The van der Waals surface area contributed by atoms with Crippen LogP contribution in [0.4, 0.5) is 0 Å². The number of rotatable bonds is 4. The van der Waals surface area contributed by atoms with Crippen molar-refractivity contribution in [1.29, 1.82) is 0 Å². The number of ether oxygens (including phenoxy) is 1. The molecule has 0 aliphatic carbocycles. The Morgan fingerprint density at radius 2 is 2.00 bits per heavy atom. The van der Waals surface area contributed by atoms with E-state index in [0.717, 1.165) is 11.3 Å². The second-order valence-corrected chi connectivity index (χ2v) is 5.35. The van der Waals surface area contributed by atoms with E-state index in [1.807, 2.05) is 12.1 Å². The Morgan fingerprint density at radius 3 is 2.70 bits per heavy atom. The lowest BCUT2D eigenvalue weighted by Gasteiger charge is -2.12. The molecule has 20 heavy (non-hydrogen) atoms. The minimum absolute atomic E-state index is 0.300. The Bertz CT molecular complexity index is 653. The third-order valence-electron chi connectivity index (χ3n) is 3.24. The third-order valence-corrected chi connectivity index (χ3v) is 3.44. The zero-order chi connectivity index (χ0) is 14.7. The Morgan fingerprint density at radius 1 is 1.25 bits per heavy atom. The zero-order valence-corrected chi connectivity index (χ0v) is 12.8. The van der Waals surface area contributed by atoms with Crippen molar-refractivity contribution in [2.75, 3.05) is 0 Å². The SMILES string of the molecule is Cc1cc(C)c(C)c(OCc2ccnc(C(N)=S)c2)c1. The molecule has 1 aromatic heterocycles. The van der Waals surface area contributed by atoms with E-state index in [4.69, 9.17) is 22.7 Å². The summed E-state index contributed by atoms with van der Waals surface area (Å²) in [5.41, 5.74) is 10.8. The average molecular weight is 286 g/mol. The molecule has 0 radical (unpaired) electrons. The fourth-order valence-corrected chi connectivity index (χ4v) is 2.12. The molecule has 2 rings (SSSR count). The number of pyridine rings is 1. The van der Waals surface area contributed by atoms with Crippen molar-refractivity contribution in [3.63, 3.8) is 0 Å². The molecule has 1 heterocycles. The molecular weight excluding hydrogens is 268 g/mol. The van der Waals surface area contributed by atoms with Gasteiger partial charge in [0, 0.05) is 6.20 Å². The zero-order valence-electron chi connectivity index (χ0n) is 11.9. The molecule has 0 saturated carbocycles. The number of benzene rings is 1. The van der Waals surface area contributed by atoms with E-state index in [2.05, 4.69) is 37.9 Å². The monoisotopic (exact) mass is 286 g/mol. The van der Waals surface area contributed by atoms with E-state index in [1.165, 1.54) is 16.7 Å². The lowest BCUT2D eigenvalue weighted by atomic mass is 10.1. The first-order valence-electron chi connectivity index (χ1n) is 6.43. The Kier molecular flexibility index (Phi) is 4.35. The first-order valence-corrected chi connectivity index (χ1v) is 6.83. The second kappa shape index (κ2) is 6.01. The van der Waals surface area contributed by atoms with Crippen molar-refractivity contribution in [3.8, 4) is 5.75 Å². The van der Waals surface area contributed by atoms with E-state index in [0.29, 0.717) is 17.3 Å². The van der Waals surface area contributed by atoms with Gasteiger partial charge in [-0.15, -0.1) is 0 Å². The van der Waals surface area contributed by atoms with Crippen molar-refractivity contribution in [1.82, 2.24) is 4.98 Å². The molecule has 0 amide bonds. The summed E-state index contributed by atoms with van der Waals surface area (Å²) in [6, 6.07) is 7.97. The van der Waals surface area contributed by atoms with Crippen molar-refractivity contribution >= 4 is 17.2 Å². The molecule has 2 N–H and O–H groups in total. The first kappa shape index (κ1) is 14.5. The van der Waals surface area contributed by atoms with Crippen molar-refractivity contribution in [2.45, 2.75) is 27.4 Å². The highest BCUT2D eigenvalue weighted by Crippen LogP contribution is 2.24. The van der Waals surface area contributed by atoms with Crippen molar-refractivity contribution < 1.29 is 4.74 Å². The minimum atomic E-state index is 0.300. The molecule has 0 saturated heterocycles. The van der Waals surface area contributed by atoms with Gasteiger partial charge in [-0.3, -0.25) is 4.98 Å². The summed E-state index contributed by atoms with van der Waals surface area (Å²) in [6.45, 7) is 6.70. The fourth-order valence-electron chi connectivity index (χ4n) is 2.01. The van der Waals surface area contributed by atoms with Gasteiger partial charge in [0.2, 0.25) is 0 Å². The highest BCUT2D eigenvalue weighted by Gasteiger charge is 2.05. The van der Waals surface area contributed by atoms with E-state index >= 15 is 0 Å². The lowest BCUT2D eigenvalue weighted by molar-refractivity contribution is 0.303. The van der Waals surface area contributed by atoms with Crippen LogP contribution in [0.15, 0.2) is 30.5 Å². The van der Waals surface area contributed by atoms with Gasteiger partial charge in [-0.25, -0.2) is 0 Å². The van der Waals surface area contributed by atoms with Gasteiger partial charge in [0.15, 0.2) is 0 Å². The standard InChI is InChI=1S/C16H18N2OS/c1-10-6-11(2)12(3)15(7-10)19-9-13-4-5-18-14(8-13)16(17)20/h4-8H,9H2,1-3H3,(H2,17,20). The van der Waals surface area contributed by atoms with Gasteiger partial charge >= 0.3 is 0 Å². The molecule has 3 nitrogen and oxygen atoms in total. The number of aromatic nitrogens is 1. The van der Waals surface area contributed by atoms with Crippen LogP contribution < -0.4 is 10.5 Å². The maximum absolute atomic E-state index is 5.91. The van der Waals surface area contributed by atoms with Crippen LogP contribution in [0.25, 0.3) is 0 Å². The summed E-state index contributed by atoms with van der Waals surface area (Å²) in [7, 11) is 0. The van der Waals surface area contributed by atoms with Crippen molar-refractivity contribution in [3.05, 3.63) is 58.4 Å². The first-order chi connectivity index (χ1) is 9.47. The molecule has 0 fully saturated rings.